The van der Waals surface area contributed by atoms with Crippen molar-refractivity contribution >= 4 is 29.9 Å². The van der Waals surface area contributed by atoms with Crippen molar-refractivity contribution in [3.05, 3.63) is 35.4 Å². The van der Waals surface area contributed by atoms with Gasteiger partial charge in [0.05, 0.1) is 18.7 Å². The van der Waals surface area contributed by atoms with E-state index in [1.165, 1.54) is 38.1 Å². The number of guanidine groups is 1. The molecule has 2 saturated heterocycles. The van der Waals surface area contributed by atoms with E-state index in [9.17, 15) is 13.2 Å². The molecule has 9 heteroatoms. The molecule has 2 aliphatic heterocycles. The highest BCUT2D eigenvalue weighted by Gasteiger charge is 2.32. The van der Waals surface area contributed by atoms with Gasteiger partial charge in [0.25, 0.3) is 0 Å². The van der Waals surface area contributed by atoms with E-state index in [0.717, 1.165) is 44.5 Å². The fraction of sp³-hybridized carbons (Fsp3) is 0.682. The van der Waals surface area contributed by atoms with E-state index in [1.807, 2.05) is 6.92 Å². The van der Waals surface area contributed by atoms with E-state index in [1.54, 1.807) is 6.07 Å². The highest BCUT2D eigenvalue weighted by atomic mass is 127. The third-order valence-corrected chi connectivity index (χ3v) is 5.63. The van der Waals surface area contributed by atoms with Crippen LogP contribution in [0.4, 0.5) is 13.2 Å². The molecule has 1 atom stereocenters. The number of unbranched alkanes of at least 4 members (excludes halogenated alkanes) is 1. The van der Waals surface area contributed by atoms with Gasteiger partial charge in [0.2, 0.25) is 0 Å². The zero-order valence-corrected chi connectivity index (χ0v) is 20.5. The molecule has 2 heterocycles. The van der Waals surface area contributed by atoms with Gasteiger partial charge in [-0.2, -0.15) is 13.2 Å². The molecular formula is C22H34F3IN4O. The first-order chi connectivity index (χ1) is 14.5. The molecule has 176 valence electrons. The minimum absolute atomic E-state index is 0. The molecule has 0 amide bonds. The lowest BCUT2D eigenvalue weighted by Gasteiger charge is -2.35. The highest BCUT2D eigenvalue weighted by molar-refractivity contribution is 14.0. The van der Waals surface area contributed by atoms with Crippen LogP contribution in [0.5, 0.6) is 0 Å². The molecule has 1 aromatic carbocycles. The zero-order chi connectivity index (χ0) is 21.4. The summed E-state index contributed by atoms with van der Waals surface area (Å²) in [5.41, 5.74) is -0.0877. The number of hydrogen-bond acceptors (Lipinski definition) is 3. The molecule has 0 spiro atoms. The van der Waals surface area contributed by atoms with Gasteiger partial charge >= 0.3 is 6.18 Å². The van der Waals surface area contributed by atoms with Gasteiger partial charge in [-0.15, -0.1) is 24.0 Å². The van der Waals surface area contributed by atoms with Gasteiger partial charge in [-0.3, -0.25) is 4.99 Å². The van der Waals surface area contributed by atoms with E-state index < -0.39 is 17.8 Å². The van der Waals surface area contributed by atoms with Gasteiger partial charge in [0.15, 0.2) is 5.96 Å². The quantitative estimate of drug-likeness (QED) is 0.233. The van der Waals surface area contributed by atoms with Crippen molar-refractivity contribution in [2.75, 3.05) is 52.4 Å². The Hall–Kier alpha value is -1.07. The van der Waals surface area contributed by atoms with Crippen LogP contribution in [-0.4, -0.2) is 68.2 Å². The lowest BCUT2D eigenvalue weighted by Crippen LogP contribution is -2.48. The van der Waals surface area contributed by atoms with Crippen LogP contribution in [-0.2, 0) is 10.9 Å². The summed E-state index contributed by atoms with van der Waals surface area (Å²) >= 11 is 0. The largest absolute Gasteiger partial charge is 0.416 e. The molecule has 31 heavy (non-hydrogen) atoms. The minimum Gasteiger partial charge on any atom is -0.370 e. The molecule has 0 bridgehead atoms. The van der Waals surface area contributed by atoms with Crippen molar-refractivity contribution in [3.63, 3.8) is 0 Å². The van der Waals surface area contributed by atoms with Crippen LogP contribution in [0.25, 0.3) is 0 Å². The van der Waals surface area contributed by atoms with Crippen molar-refractivity contribution in [2.24, 2.45) is 4.99 Å². The predicted octanol–water partition coefficient (Wildman–Crippen LogP) is 4.54. The first-order valence-corrected chi connectivity index (χ1v) is 11.0. The molecule has 2 aliphatic rings. The summed E-state index contributed by atoms with van der Waals surface area (Å²) in [5, 5.41) is 3.32. The fourth-order valence-corrected chi connectivity index (χ4v) is 4.02. The second-order valence-corrected chi connectivity index (χ2v) is 7.92. The Morgan fingerprint density at radius 2 is 1.97 bits per heavy atom. The number of likely N-dealkylation sites (tertiary alicyclic amines) is 1. The molecule has 0 aromatic heterocycles. The SMILES string of the molecule is CCNC(=NCCCCN1CCCC1)N1CCOC(c2cccc(C(F)(F)F)c2)C1.I. The summed E-state index contributed by atoms with van der Waals surface area (Å²) in [7, 11) is 0. The summed E-state index contributed by atoms with van der Waals surface area (Å²) in [5.74, 6) is 0.818. The predicted molar refractivity (Wildman–Crippen MR) is 128 cm³/mol. The molecule has 1 unspecified atom stereocenters. The van der Waals surface area contributed by atoms with E-state index >= 15 is 0 Å². The van der Waals surface area contributed by atoms with E-state index in [2.05, 4.69) is 15.1 Å². The Morgan fingerprint density at radius 1 is 1.19 bits per heavy atom. The summed E-state index contributed by atoms with van der Waals surface area (Å²) in [6, 6.07) is 5.43. The molecule has 1 aromatic rings. The number of nitrogens with zero attached hydrogens (tertiary/aromatic N) is 3. The maximum atomic E-state index is 13.1. The highest BCUT2D eigenvalue weighted by Crippen LogP contribution is 2.32. The normalized spacial score (nSPS) is 20.6. The molecule has 1 N–H and O–H groups in total. The fourth-order valence-electron chi connectivity index (χ4n) is 4.02. The van der Waals surface area contributed by atoms with Gasteiger partial charge in [-0.1, -0.05) is 12.1 Å². The Labute approximate surface area is 200 Å². The molecule has 0 saturated carbocycles. The maximum Gasteiger partial charge on any atom is 0.416 e. The van der Waals surface area contributed by atoms with Crippen molar-refractivity contribution in [1.29, 1.82) is 0 Å². The van der Waals surface area contributed by atoms with Crippen LogP contribution in [0.2, 0.25) is 0 Å². The Kier molecular flexibility index (Phi) is 10.8. The van der Waals surface area contributed by atoms with Crippen LogP contribution in [0.1, 0.15) is 49.8 Å². The summed E-state index contributed by atoms with van der Waals surface area (Å²) in [6.45, 7) is 8.72. The topological polar surface area (TPSA) is 40.1 Å². The number of ether oxygens (including phenoxy) is 1. The van der Waals surface area contributed by atoms with Crippen molar-refractivity contribution in [2.45, 2.75) is 44.9 Å². The zero-order valence-electron chi connectivity index (χ0n) is 18.2. The second-order valence-electron chi connectivity index (χ2n) is 7.92. The maximum absolute atomic E-state index is 13.1. The van der Waals surface area contributed by atoms with Crippen LogP contribution < -0.4 is 5.32 Å². The lowest BCUT2D eigenvalue weighted by molar-refractivity contribution is -0.137. The minimum atomic E-state index is -4.35. The van der Waals surface area contributed by atoms with Crippen molar-refractivity contribution in [1.82, 2.24) is 15.1 Å². The van der Waals surface area contributed by atoms with Crippen LogP contribution in [0.15, 0.2) is 29.3 Å². The summed E-state index contributed by atoms with van der Waals surface area (Å²) < 4.78 is 45.0. The van der Waals surface area contributed by atoms with Gasteiger partial charge in [0, 0.05) is 19.6 Å². The van der Waals surface area contributed by atoms with Gasteiger partial charge in [-0.25, -0.2) is 0 Å². The van der Waals surface area contributed by atoms with Crippen LogP contribution in [0.3, 0.4) is 0 Å². The third kappa shape index (κ3) is 8.09. The van der Waals surface area contributed by atoms with E-state index in [4.69, 9.17) is 9.73 Å². The Bertz CT molecular complexity index is 696. The standard InChI is InChI=1S/C22H33F3N4O.HI/c1-2-26-21(27-10-3-4-11-28-12-5-6-13-28)29-14-15-30-20(17-29)18-8-7-9-19(16-18)22(23,24)25;/h7-9,16,20H,2-6,10-15,17H2,1H3,(H,26,27);1H. The smallest absolute Gasteiger partial charge is 0.370 e. The second kappa shape index (κ2) is 12.8. The number of halogens is 4. The summed E-state index contributed by atoms with van der Waals surface area (Å²) in [4.78, 5) is 9.37. The number of alkyl halides is 3. The van der Waals surface area contributed by atoms with Crippen molar-refractivity contribution < 1.29 is 17.9 Å². The number of rotatable bonds is 7. The number of morpholine rings is 1. The van der Waals surface area contributed by atoms with E-state index in [-0.39, 0.29) is 24.0 Å². The number of nitrogens with one attached hydrogen (secondary N) is 1. The molecule has 2 fully saturated rings. The average molecular weight is 554 g/mol. The molecule has 0 aliphatic carbocycles. The van der Waals surface area contributed by atoms with Gasteiger partial charge < -0.3 is 19.9 Å². The Balaban J connectivity index is 0.00000341. The monoisotopic (exact) mass is 554 g/mol. The number of benzene rings is 1. The van der Waals surface area contributed by atoms with E-state index in [0.29, 0.717) is 25.3 Å². The number of hydrogen-bond donors (Lipinski definition) is 1. The average Bonchev–Trinajstić information content (AvgIpc) is 3.26. The summed E-state index contributed by atoms with van der Waals surface area (Å²) in [6.07, 6.45) is 0.0428. The molecule has 5 nitrogen and oxygen atoms in total. The van der Waals surface area contributed by atoms with Gasteiger partial charge in [-0.05, 0) is 69.9 Å². The van der Waals surface area contributed by atoms with Crippen molar-refractivity contribution in [3.8, 4) is 0 Å². The number of aliphatic imine (C=N–C) groups is 1. The first kappa shape index (κ1) is 26.2. The third-order valence-electron chi connectivity index (χ3n) is 5.63. The molecule has 0 radical (unpaired) electrons. The molecular weight excluding hydrogens is 520 g/mol. The first-order valence-electron chi connectivity index (χ1n) is 11.0. The lowest BCUT2D eigenvalue weighted by atomic mass is 10.0. The molecule has 3 rings (SSSR count). The van der Waals surface area contributed by atoms with Crippen LogP contribution >= 0.6 is 24.0 Å². The van der Waals surface area contributed by atoms with Crippen LogP contribution in [0, 0.1) is 0 Å². The van der Waals surface area contributed by atoms with Gasteiger partial charge in [0.1, 0.15) is 6.10 Å². The Morgan fingerprint density at radius 3 is 2.68 bits per heavy atom.